The van der Waals surface area contributed by atoms with Crippen molar-refractivity contribution in [2.24, 2.45) is 5.73 Å². The first-order chi connectivity index (χ1) is 4.61. The molecule has 4 nitrogen and oxygen atoms in total. The molecule has 0 aromatic carbocycles. The average Bonchev–Trinajstić information content (AvgIpc) is 1.82. The summed E-state index contributed by atoms with van der Waals surface area (Å²) in [6.07, 6.45) is -1.51. The smallest absolute Gasteiger partial charge is 0.156 e. The highest BCUT2D eigenvalue weighted by molar-refractivity contribution is 4.82. The third-order valence-electron chi connectivity index (χ3n) is 1.77. The Labute approximate surface area is 59.6 Å². The summed E-state index contributed by atoms with van der Waals surface area (Å²) in [4.78, 5) is 0. The van der Waals surface area contributed by atoms with Gasteiger partial charge in [-0.2, -0.15) is 0 Å². The van der Waals surface area contributed by atoms with Crippen molar-refractivity contribution in [2.45, 2.75) is 37.9 Å². The summed E-state index contributed by atoms with van der Waals surface area (Å²) >= 11 is 0. The normalized spacial score (nSPS) is 49.2. The van der Waals surface area contributed by atoms with Crippen LogP contribution in [0.3, 0.4) is 0 Å². The van der Waals surface area contributed by atoms with E-state index in [-0.39, 0.29) is 12.1 Å². The number of aliphatic hydroxyl groups is 2. The van der Waals surface area contributed by atoms with E-state index in [0.29, 0.717) is 6.42 Å². The van der Waals surface area contributed by atoms with Gasteiger partial charge in [-0.1, -0.05) is 0 Å². The fraction of sp³-hybridized carbons (Fsp3) is 1.00. The van der Waals surface area contributed by atoms with Gasteiger partial charge in [-0.15, -0.1) is 0 Å². The monoisotopic (exact) mass is 147 g/mol. The Morgan fingerprint density at radius 3 is 2.60 bits per heavy atom. The van der Waals surface area contributed by atoms with Gasteiger partial charge in [-0.3, -0.25) is 0 Å². The lowest BCUT2D eigenvalue weighted by Crippen LogP contribution is -2.51. The van der Waals surface area contributed by atoms with Crippen molar-refractivity contribution in [3.8, 4) is 0 Å². The molecule has 4 N–H and O–H groups in total. The van der Waals surface area contributed by atoms with E-state index < -0.39 is 12.4 Å². The average molecular weight is 147 g/mol. The number of aliphatic hydroxyl groups excluding tert-OH is 2. The highest BCUT2D eigenvalue weighted by Crippen LogP contribution is 2.16. The Kier molecular flexibility index (Phi) is 2.25. The Morgan fingerprint density at radius 1 is 1.50 bits per heavy atom. The third-order valence-corrected chi connectivity index (χ3v) is 1.77. The minimum absolute atomic E-state index is 0.311. The van der Waals surface area contributed by atoms with Crippen LogP contribution in [0.25, 0.3) is 0 Å². The summed E-state index contributed by atoms with van der Waals surface area (Å²) in [5.74, 6) is 0. The molecule has 0 bridgehead atoms. The molecule has 0 aromatic heterocycles. The van der Waals surface area contributed by atoms with Crippen LogP contribution in [0.4, 0.5) is 0 Å². The molecule has 0 aromatic rings. The van der Waals surface area contributed by atoms with Crippen LogP contribution >= 0.6 is 0 Å². The number of nitrogens with two attached hydrogens (primary N) is 1. The SMILES string of the molecule is C[C@H]1O[C@H](O)C[C@@H](N)[C@H]1O. The van der Waals surface area contributed by atoms with Crippen molar-refractivity contribution in [2.75, 3.05) is 0 Å². The fourth-order valence-electron chi connectivity index (χ4n) is 1.10. The summed E-state index contributed by atoms with van der Waals surface area (Å²) in [6.45, 7) is 1.69. The van der Waals surface area contributed by atoms with Crippen molar-refractivity contribution in [1.82, 2.24) is 0 Å². The summed E-state index contributed by atoms with van der Waals surface area (Å²) in [6, 6.07) is -0.362. The van der Waals surface area contributed by atoms with E-state index in [1.165, 1.54) is 0 Å². The van der Waals surface area contributed by atoms with Crippen LogP contribution < -0.4 is 5.73 Å². The lowest BCUT2D eigenvalue weighted by Gasteiger charge is -2.33. The van der Waals surface area contributed by atoms with Gasteiger partial charge < -0.3 is 20.7 Å². The predicted molar refractivity (Wildman–Crippen MR) is 35.2 cm³/mol. The molecular weight excluding hydrogens is 134 g/mol. The highest BCUT2D eigenvalue weighted by atomic mass is 16.6. The maximum absolute atomic E-state index is 9.20. The van der Waals surface area contributed by atoms with Crippen molar-refractivity contribution in [3.05, 3.63) is 0 Å². The van der Waals surface area contributed by atoms with E-state index in [2.05, 4.69) is 0 Å². The van der Waals surface area contributed by atoms with Crippen LogP contribution in [0.2, 0.25) is 0 Å². The molecular formula is C6H13NO3. The second kappa shape index (κ2) is 2.84. The molecule has 0 aliphatic carbocycles. The molecule has 0 radical (unpaired) electrons. The van der Waals surface area contributed by atoms with Gasteiger partial charge in [0.2, 0.25) is 0 Å². The first kappa shape index (κ1) is 7.94. The van der Waals surface area contributed by atoms with Gasteiger partial charge in [0.1, 0.15) is 0 Å². The van der Waals surface area contributed by atoms with Crippen molar-refractivity contribution in [1.29, 1.82) is 0 Å². The van der Waals surface area contributed by atoms with Crippen LogP contribution in [0.1, 0.15) is 13.3 Å². The zero-order valence-electron chi connectivity index (χ0n) is 5.90. The zero-order valence-corrected chi connectivity index (χ0v) is 5.90. The van der Waals surface area contributed by atoms with E-state index in [1.54, 1.807) is 6.92 Å². The van der Waals surface area contributed by atoms with Crippen LogP contribution in [0, 0.1) is 0 Å². The molecule has 1 saturated heterocycles. The number of ether oxygens (including phenoxy) is 1. The minimum Gasteiger partial charge on any atom is -0.389 e. The van der Waals surface area contributed by atoms with Gasteiger partial charge in [-0.25, -0.2) is 0 Å². The molecule has 1 aliphatic rings. The Bertz CT molecular complexity index is 108. The molecule has 0 amide bonds. The molecule has 1 aliphatic heterocycles. The lowest BCUT2D eigenvalue weighted by atomic mass is 10.0. The predicted octanol–water partition coefficient (Wildman–Crippen LogP) is -1.20. The number of hydrogen-bond acceptors (Lipinski definition) is 4. The van der Waals surface area contributed by atoms with E-state index in [9.17, 15) is 5.11 Å². The second-order valence-electron chi connectivity index (χ2n) is 2.69. The van der Waals surface area contributed by atoms with Crippen LogP contribution in [-0.2, 0) is 4.74 Å². The summed E-state index contributed by atoms with van der Waals surface area (Å²) in [5, 5.41) is 18.2. The molecule has 60 valence electrons. The van der Waals surface area contributed by atoms with Gasteiger partial charge in [0.25, 0.3) is 0 Å². The first-order valence-corrected chi connectivity index (χ1v) is 3.38. The number of hydrogen-bond donors (Lipinski definition) is 3. The fourth-order valence-corrected chi connectivity index (χ4v) is 1.10. The molecule has 4 heteroatoms. The van der Waals surface area contributed by atoms with E-state index in [0.717, 1.165) is 0 Å². The van der Waals surface area contributed by atoms with Gasteiger partial charge in [0.15, 0.2) is 6.29 Å². The van der Waals surface area contributed by atoms with E-state index >= 15 is 0 Å². The van der Waals surface area contributed by atoms with Crippen LogP contribution in [0.5, 0.6) is 0 Å². The molecule has 1 fully saturated rings. The molecule has 0 spiro atoms. The quantitative estimate of drug-likeness (QED) is 0.402. The lowest BCUT2D eigenvalue weighted by molar-refractivity contribution is -0.198. The topological polar surface area (TPSA) is 75.7 Å². The Morgan fingerprint density at radius 2 is 2.10 bits per heavy atom. The van der Waals surface area contributed by atoms with Gasteiger partial charge >= 0.3 is 0 Å². The molecule has 1 heterocycles. The second-order valence-corrected chi connectivity index (χ2v) is 2.69. The van der Waals surface area contributed by atoms with Crippen LogP contribution in [-0.4, -0.2) is 34.8 Å². The van der Waals surface area contributed by atoms with Gasteiger partial charge in [0.05, 0.1) is 12.2 Å². The largest absolute Gasteiger partial charge is 0.389 e. The molecule has 0 unspecified atom stereocenters. The van der Waals surface area contributed by atoms with Crippen molar-refractivity contribution >= 4 is 0 Å². The summed E-state index contributed by atoms with van der Waals surface area (Å²) < 4.78 is 4.89. The third kappa shape index (κ3) is 1.46. The number of rotatable bonds is 0. The molecule has 4 atom stereocenters. The molecule has 10 heavy (non-hydrogen) atoms. The summed E-state index contributed by atoms with van der Waals surface area (Å²) in [5.41, 5.74) is 5.47. The zero-order chi connectivity index (χ0) is 7.72. The standard InChI is InChI=1S/C6H13NO3/c1-3-6(9)4(7)2-5(8)10-3/h3-6,8-9H,2,7H2,1H3/t3-,4-,5+,6+/m1/s1. The molecule has 0 saturated carbocycles. The Balaban J connectivity index is 2.49. The van der Waals surface area contributed by atoms with E-state index in [4.69, 9.17) is 15.6 Å². The summed E-state index contributed by atoms with van der Waals surface area (Å²) in [7, 11) is 0. The van der Waals surface area contributed by atoms with Gasteiger partial charge in [-0.05, 0) is 6.92 Å². The van der Waals surface area contributed by atoms with Crippen LogP contribution in [0.15, 0.2) is 0 Å². The van der Waals surface area contributed by atoms with Crippen molar-refractivity contribution < 1.29 is 14.9 Å². The minimum atomic E-state index is -0.812. The van der Waals surface area contributed by atoms with Crippen molar-refractivity contribution in [3.63, 3.8) is 0 Å². The van der Waals surface area contributed by atoms with E-state index in [1.807, 2.05) is 0 Å². The molecule has 1 rings (SSSR count). The van der Waals surface area contributed by atoms with Gasteiger partial charge in [0, 0.05) is 12.5 Å². The first-order valence-electron chi connectivity index (χ1n) is 3.38. The highest BCUT2D eigenvalue weighted by Gasteiger charge is 2.31. The maximum atomic E-state index is 9.20. The maximum Gasteiger partial charge on any atom is 0.156 e. The Hall–Kier alpha value is -0.160.